The first-order chi connectivity index (χ1) is 21.9. The van der Waals surface area contributed by atoms with Crippen LogP contribution in [0.5, 0.6) is 5.75 Å². The summed E-state index contributed by atoms with van der Waals surface area (Å²) in [6.07, 6.45) is 6.12. The Morgan fingerprint density at radius 1 is 1.20 bits per heavy atom. The summed E-state index contributed by atoms with van der Waals surface area (Å²) >= 11 is 0. The van der Waals surface area contributed by atoms with E-state index in [1.165, 1.54) is 25.4 Å². The fraction of sp³-hybridized carbons (Fsp3) is 0.441. The maximum absolute atomic E-state index is 13.6. The number of nitrogens with one attached hydrogen (secondary N) is 1. The number of amides is 1. The quantitative estimate of drug-likeness (QED) is 0.263. The van der Waals surface area contributed by atoms with Crippen LogP contribution in [-0.2, 0) is 24.8 Å². The van der Waals surface area contributed by atoms with Crippen molar-refractivity contribution in [1.29, 1.82) is 0 Å². The van der Waals surface area contributed by atoms with Gasteiger partial charge in [0.05, 0.1) is 54.0 Å². The minimum absolute atomic E-state index is 0.0648. The van der Waals surface area contributed by atoms with E-state index in [0.29, 0.717) is 32.2 Å². The smallest absolute Gasteiger partial charge is 0.254 e. The number of rotatable bonds is 9. The molecule has 1 N–H and O–H groups in total. The summed E-state index contributed by atoms with van der Waals surface area (Å²) in [7, 11) is 2.06. The summed E-state index contributed by atoms with van der Waals surface area (Å²) in [6, 6.07) is 12.6. The first-order valence-corrected chi connectivity index (χ1v) is 16.0. The number of hydrogen-bond donors (Lipinski definition) is 1. The molecule has 1 aliphatic carbocycles. The van der Waals surface area contributed by atoms with Crippen LogP contribution >= 0.6 is 0 Å². The summed E-state index contributed by atoms with van der Waals surface area (Å²) < 4.78 is 31.8. The van der Waals surface area contributed by atoms with Gasteiger partial charge in [0.25, 0.3) is 5.91 Å². The number of benzene rings is 2. The molecule has 3 aliphatic rings. The van der Waals surface area contributed by atoms with Crippen LogP contribution in [0.25, 0.3) is 33.5 Å². The first kappa shape index (κ1) is 28.3. The van der Waals surface area contributed by atoms with Gasteiger partial charge in [-0.05, 0) is 61.9 Å². The molecule has 2 fully saturated rings. The van der Waals surface area contributed by atoms with Gasteiger partial charge in [0.15, 0.2) is 5.82 Å². The summed E-state index contributed by atoms with van der Waals surface area (Å²) in [5.74, 6) is 1.85. The highest BCUT2D eigenvalue weighted by molar-refractivity contribution is 6.01. The normalized spacial score (nSPS) is 19.4. The van der Waals surface area contributed by atoms with Gasteiger partial charge in [-0.25, -0.2) is 9.97 Å². The third-order valence-electron chi connectivity index (χ3n) is 9.52. The summed E-state index contributed by atoms with van der Waals surface area (Å²) in [4.78, 5) is 24.4. The number of morpholine rings is 1. The second kappa shape index (κ2) is 11.3. The van der Waals surface area contributed by atoms with Crippen LogP contribution in [0.1, 0.15) is 41.7 Å². The Kier molecular flexibility index (Phi) is 7.09. The third kappa shape index (κ3) is 5.27. The van der Waals surface area contributed by atoms with Gasteiger partial charge in [-0.2, -0.15) is 4.39 Å². The van der Waals surface area contributed by atoms with E-state index in [1.54, 1.807) is 4.57 Å². The Morgan fingerprint density at radius 3 is 2.87 bits per heavy atom. The maximum Gasteiger partial charge on any atom is 0.254 e. The highest BCUT2D eigenvalue weighted by Crippen LogP contribution is 2.39. The lowest BCUT2D eigenvalue weighted by molar-refractivity contribution is 0.0512. The maximum atomic E-state index is 13.6. The van der Waals surface area contributed by atoms with E-state index in [2.05, 4.69) is 44.7 Å². The number of aryl methyl sites for hydroxylation is 1. The fourth-order valence-corrected chi connectivity index (χ4v) is 6.81. The fourth-order valence-electron chi connectivity index (χ4n) is 6.81. The zero-order valence-electron chi connectivity index (χ0n) is 25.7. The molecule has 2 atom stereocenters. The largest absolute Gasteiger partial charge is 0.489 e. The average Bonchev–Trinajstić information content (AvgIpc) is 3.51. The molecule has 0 spiro atoms. The van der Waals surface area contributed by atoms with Gasteiger partial charge >= 0.3 is 0 Å². The summed E-state index contributed by atoms with van der Waals surface area (Å²) in [5, 5.41) is 4.55. The summed E-state index contributed by atoms with van der Waals surface area (Å²) in [5.41, 5.74) is 5.74. The van der Waals surface area contributed by atoms with Crippen molar-refractivity contribution < 1.29 is 18.7 Å². The van der Waals surface area contributed by atoms with Gasteiger partial charge in [-0.1, -0.05) is 12.1 Å². The Hall–Kier alpha value is -4.22. The van der Waals surface area contributed by atoms with Crippen molar-refractivity contribution in [2.24, 2.45) is 13.0 Å². The number of nitrogens with zero attached hydrogens (tertiary/aromatic N) is 6. The zero-order chi connectivity index (χ0) is 30.7. The van der Waals surface area contributed by atoms with Crippen LogP contribution in [-0.4, -0.2) is 80.0 Å². The Bertz CT molecular complexity index is 1900. The van der Waals surface area contributed by atoms with Crippen LogP contribution in [0.4, 0.5) is 4.39 Å². The highest BCUT2D eigenvalue weighted by atomic mass is 19.1. The van der Waals surface area contributed by atoms with Crippen LogP contribution in [0.2, 0.25) is 0 Å². The van der Waals surface area contributed by atoms with Crippen LogP contribution in [0.15, 0.2) is 48.9 Å². The van der Waals surface area contributed by atoms with Crippen molar-refractivity contribution in [3.05, 3.63) is 66.0 Å². The van der Waals surface area contributed by atoms with E-state index in [4.69, 9.17) is 14.5 Å². The molecule has 3 aromatic heterocycles. The predicted molar refractivity (Wildman–Crippen MR) is 169 cm³/mol. The number of aromatic nitrogens is 5. The van der Waals surface area contributed by atoms with E-state index in [1.807, 2.05) is 30.0 Å². The minimum atomic E-state index is -0.497. The molecule has 5 aromatic rings. The lowest BCUT2D eigenvalue weighted by Gasteiger charge is -2.33. The molecule has 2 aromatic carbocycles. The molecule has 0 radical (unpaired) electrons. The lowest BCUT2D eigenvalue weighted by atomic mass is 9.97. The van der Waals surface area contributed by atoms with Crippen molar-refractivity contribution in [2.75, 3.05) is 39.5 Å². The Morgan fingerprint density at radius 2 is 2.09 bits per heavy atom. The standard InChI is InChI=1S/C34H38FN7O3/c1-21(41-17-31(35)37-20-41)18-45-30-5-3-4-24-13-29(42(32(24)30)15-22-6-7-22)33-38-27-14-26-23(12-28(27)39(33)2)8-10-40(34(26)43)16-25-19-44-11-9-36-25/h3-5,12-14,17,20-22,25,36H,6-11,15-16,18-19H2,1-2H3. The number of ether oxygens (including phenoxy) is 2. The molecule has 1 amide bonds. The second-order valence-electron chi connectivity index (χ2n) is 12.8. The number of imidazole rings is 2. The molecule has 2 aliphatic heterocycles. The third-order valence-corrected chi connectivity index (χ3v) is 9.52. The monoisotopic (exact) mass is 611 g/mol. The van der Waals surface area contributed by atoms with E-state index in [0.717, 1.165) is 76.4 Å². The second-order valence-corrected chi connectivity index (χ2v) is 12.8. The van der Waals surface area contributed by atoms with Gasteiger partial charge in [-0.15, -0.1) is 0 Å². The number of halogens is 1. The molecule has 234 valence electrons. The number of para-hydroxylation sites is 1. The number of hydrogen-bond acceptors (Lipinski definition) is 6. The number of fused-ring (bicyclic) bond motifs is 3. The van der Waals surface area contributed by atoms with Crippen LogP contribution in [0, 0.1) is 11.9 Å². The van der Waals surface area contributed by atoms with Crippen molar-refractivity contribution >= 4 is 27.8 Å². The number of carbonyl (C=O) groups is 1. The molecular formula is C34H38FN7O3. The topological polar surface area (TPSA) is 91.4 Å². The lowest BCUT2D eigenvalue weighted by Crippen LogP contribution is -2.51. The number of carbonyl (C=O) groups excluding carboxylic acids is 1. The Balaban J connectivity index is 1.14. The van der Waals surface area contributed by atoms with Crippen LogP contribution in [0.3, 0.4) is 0 Å². The predicted octanol–water partition coefficient (Wildman–Crippen LogP) is 4.57. The Labute approximate surface area is 260 Å². The average molecular weight is 612 g/mol. The zero-order valence-corrected chi connectivity index (χ0v) is 25.7. The van der Waals surface area contributed by atoms with Crippen molar-refractivity contribution in [2.45, 2.75) is 44.8 Å². The molecule has 11 heteroatoms. The molecule has 0 bridgehead atoms. The van der Waals surface area contributed by atoms with Gasteiger partial charge in [0, 0.05) is 50.2 Å². The van der Waals surface area contributed by atoms with Gasteiger partial charge < -0.3 is 33.4 Å². The van der Waals surface area contributed by atoms with Gasteiger partial charge in [-0.3, -0.25) is 4.79 Å². The molecule has 1 saturated heterocycles. The molecule has 8 rings (SSSR count). The SMILES string of the molecule is CC(COc1cccc2cc(-c3nc4cc5c(cc4n3C)CCN(CC3COCCN3)C5=O)n(CC3CC3)c12)n1cnc(F)c1. The van der Waals surface area contributed by atoms with Crippen molar-refractivity contribution in [1.82, 2.24) is 33.9 Å². The highest BCUT2D eigenvalue weighted by Gasteiger charge is 2.30. The molecule has 1 saturated carbocycles. The molecular weight excluding hydrogens is 573 g/mol. The van der Waals surface area contributed by atoms with Crippen LogP contribution < -0.4 is 10.1 Å². The first-order valence-electron chi connectivity index (χ1n) is 16.0. The van der Waals surface area contributed by atoms with Gasteiger partial charge in [0.2, 0.25) is 5.95 Å². The molecule has 5 heterocycles. The molecule has 10 nitrogen and oxygen atoms in total. The molecule has 2 unspecified atom stereocenters. The van der Waals surface area contributed by atoms with E-state index in [9.17, 15) is 9.18 Å². The van der Waals surface area contributed by atoms with E-state index >= 15 is 0 Å². The van der Waals surface area contributed by atoms with E-state index in [-0.39, 0.29) is 18.0 Å². The van der Waals surface area contributed by atoms with Crippen molar-refractivity contribution in [3.63, 3.8) is 0 Å². The minimum Gasteiger partial charge on any atom is -0.489 e. The van der Waals surface area contributed by atoms with Gasteiger partial charge in [0.1, 0.15) is 12.4 Å². The summed E-state index contributed by atoms with van der Waals surface area (Å²) in [6.45, 7) is 6.76. The molecule has 45 heavy (non-hydrogen) atoms. The van der Waals surface area contributed by atoms with E-state index < -0.39 is 5.95 Å². The van der Waals surface area contributed by atoms with Crippen molar-refractivity contribution in [3.8, 4) is 17.3 Å².